The summed E-state index contributed by atoms with van der Waals surface area (Å²) in [5.74, 6) is -1.49. The van der Waals surface area contributed by atoms with E-state index in [0.29, 0.717) is 5.69 Å². The minimum Gasteiger partial charge on any atom is -0.507 e. The zero-order valence-corrected chi connectivity index (χ0v) is 9.22. The van der Waals surface area contributed by atoms with Crippen LogP contribution in [0.2, 0.25) is 0 Å². The summed E-state index contributed by atoms with van der Waals surface area (Å²) in [5.41, 5.74) is 5.85. The predicted octanol–water partition coefficient (Wildman–Crippen LogP) is 1.76. The van der Waals surface area contributed by atoms with E-state index in [-0.39, 0.29) is 11.4 Å². The number of phenolic OH excluding ortho intramolecular Hbond substituents is 1. The van der Waals surface area contributed by atoms with Crippen LogP contribution >= 0.6 is 0 Å². The summed E-state index contributed by atoms with van der Waals surface area (Å²) in [6, 6.07) is 6.32. The highest BCUT2D eigenvalue weighted by molar-refractivity contribution is 6.06. The third-order valence-electron chi connectivity index (χ3n) is 2.28. The number of rotatable bonds is 2. The molecule has 1 aromatic heterocycles. The van der Waals surface area contributed by atoms with Crippen LogP contribution in [0.15, 0.2) is 36.5 Å². The van der Waals surface area contributed by atoms with Crippen molar-refractivity contribution in [2.45, 2.75) is 0 Å². The highest BCUT2D eigenvalue weighted by atomic mass is 19.1. The Labute approximate surface area is 102 Å². The molecule has 0 radical (unpaired) electrons. The molecule has 0 aliphatic rings. The molecule has 0 saturated heterocycles. The molecular weight excluding hydrogens is 237 g/mol. The summed E-state index contributed by atoms with van der Waals surface area (Å²) < 4.78 is 12.8. The van der Waals surface area contributed by atoms with Crippen LogP contribution < -0.4 is 11.1 Å². The largest absolute Gasteiger partial charge is 0.507 e. The number of nitrogens with one attached hydrogen (secondary N) is 1. The van der Waals surface area contributed by atoms with Crippen LogP contribution in [0.5, 0.6) is 5.75 Å². The van der Waals surface area contributed by atoms with Crippen molar-refractivity contribution in [2.75, 3.05) is 11.1 Å². The van der Waals surface area contributed by atoms with Crippen molar-refractivity contribution in [3.8, 4) is 5.75 Å². The first kappa shape index (κ1) is 11.8. The number of phenols is 1. The predicted molar refractivity (Wildman–Crippen MR) is 64.7 cm³/mol. The Morgan fingerprint density at radius 1 is 1.39 bits per heavy atom. The number of nitrogen functional groups attached to an aromatic ring is 1. The number of pyridine rings is 1. The van der Waals surface area contributed by atoms with Gasteiger partial charge in [0.1, 0.15) is 11.6 Å². The Bertz CT molecular complexity index is 602. The summed E-state index contributed by atoms with van der Waals surface area (Å²) in [7, 11) is 0. The number of hydrogen-bond acceptors (Lipinski definition) is 4. The van der Waals surface area contributed by atoms with Gasteiger partial charge in [0.15, 0.2) is 5.82 Å². The molecule has 2 aromatic rings. The van der Waals surface area contributed by atoms with Gasteiger partial charge in [0.05, 0.1) is 11.3 Å². The SMILES string of the molecule is Nc1cccnc1NC(=O)c1ccc(F)cc1O. The van der Waals surface area contributed by atoms with Crippen LogP contribution in [-0.2, 0) is 0 Å². The average Bonchev–Trinajstić information content (AvgIpc) is 2.32. The molecule has 0 saturated carbocycles. The standard InChI is InChI=1S/C12H10FN3O2/c13-7-3-4-8(10(17)6-7)12(18)16-11-9(14)2-1-5-15-11/h1-6,17H,14H2,(H,15,16,18). The second kappa shape index (κ2) is 4.70. The zero-order chi connectivity index (χ0) is 13.1. The van der Waals surface area contributed by atoms with Crippen LogP contribution in [0.1, 0.15) is 10.4 Å². The van der Waals surface area contributed by atoms with Gasteiger partial charge in [0.25, 0.3) is 5.91 Å². The molecule has 0 aliphatic heterocycles. The van der Waals surface area contributed by atoms with Crippen LogP contribution in [0, 0.1) is 5.82 Å². The van der Waals surface area contributed by atoms with Crippen molar-refractivity contribution in [1.29, 1.82) is 0 Å². The minimum atomic E-state index is -0.624. The lowest BCUT2D eigenvalue weighted by Crippen LogP contribution is -2.14. The van der Waals surface area contributed by atoms with E-state index >= 15 is 0 Å². The highest BCUT2D eigenvalue weighted by Crippen LogP contribution is 2.20. The maximum atomic E-state index is 12.8. The number of nitrogens with zero attached hydrogens (tertiary/aromatic N) is 1. The van der Waals surface area contributed by atoms with Gasteiger partial charge in [-0.25, -0.2) is 9.37 Å². The number of halogens is 1. The van der Waals surface area contributed by atoms with Crippen molar-refractivity contribution in [1.82, 2.24) is 4.98 Å². The van der Waals surface area contributed by atoms with Crippen molar-refractivity contribution < 1.29 is 14.3 Å². The number of carbonyl (C=O) groups excluding carboxylic acids is 1. The second-order valence-corrected chi connectivity index (χ2v) is 3.56. The monoisotopic (exact) mass is 247 g/mol. The molecule has 5 nitrogen and oxygen atoms in total. The number of amides is 1. The van der Waals surface area contributed by atoms with Gasteiger partial charge < -0.3 is 16.2 Å². The molecule has 6 heteroatoms. The van der Waals surface area contributed by atoms with E-state index in [1.165, 1.54) is 12.3 Å². The van der Waals surface area contributed by atoms with E-state index in [4.69, 9.17) is 5.73 Å². The molecule has 0 aliphatic carbocycles. The Morgan fingerprint density at radius 3 is 2.83 bits per heavy atom. The normalized spacial score (nSPS) is 10.1. The number of nitrogens with two attached hydrogens (primary N) is 1. The summed E-state index contributed by atoms with van der Waals surface area (Å²) in [4.78, 5) is 15.7. The fourth-order valence-corrected chi connectivity index (χ4v) is 1.39. The van der Waals surface area contributed by atoms with Crippen LogP contribution in [0.4, 0.5) is 15.9 Å². The smallest absolute Gasteiger partial charge is 0.260 e. The zero-order valence-electron chi connectivity index (χ0n) is 9.22. The molecule has 0 unspecified atom stereocenters. The lowest BCUT2D eigenvalue weighted by Gasteiger charge is -2.07. The lowest BCUT2D eigenvalue weighted by molar-refractivity contribution is 0.102. The molecular formula is C12H10FN3O2. The molecule has 1 amide bonds. The van der Waals surface area contributed by atoms with E-state index < -0.39 is 17.5 Å². The number of aromatic hydroxyl groups is 1. The highest BCUT2D eigenvalue weighted by Gasteiger charge is 2.13. The molecule has 92 valence electrons. The molecule has 0 spiro atoms. The van der Waals surface area contributed by atoms with Gasteiger partial charge in [-0.15, -0.1) is 0 Å². The molecule has 0 fully saturated rings. The number of anilines is 2. The van der Waals surface area contributed by atoms with Gasteiger partial charge in [-0.3, -0.25) is 4.79 Å². The van der Waals surface area contributed by atoms with E-state index in [0.717, 1.165) is 12.1 Å². The van der Waals surface area contributed by atoms with Crippen LogP contribution in [0.3, 0.4) is 0 Å². The van der Waals surface area contributed by atoms with Gasteiger partial charge >= 0.3 is 0 Å². The quantitative estimate of drug-likeness (QED) is 0.754. The first-order valence-corrected chi connectivity index (χ1v) is 5.08. The van der Waals surface area contributed by atoms with Crippen LogP contribution in [0.25, 0.3) is 0 Å². The van der Waals surface area contributed by atoms with Gasteiger partial charge in [-0.1, -0.05) is 0 Å². The van der Waals surface area contributed by atoms with E-state index in [9.17, 15) is 14.3 Å². The molecule has 2 rings (SSSR count). The van der Waals surface area contributed by atoms with E-state index in [1.807, 2.05) is 0 Å². The number of aromatic nitrogens is 1. The van der Waals surface area contributed by atoms with E-state index in [1.54, 1.807) is 12.1 Å². The molecule has 1 aromatic carbocycles. The first-order valence-electron chi connectivity index (χ1n) is 5.08. The Balaban J connectivity index is 2.25. The molecule has 0 atom stereocenters. The van der Waals surface area contributed by atoms with Gasteiger partial charge in [0, 0.05) is 12.3 Å². The summed E-state index contributed by atoms with van der Waals surface area (Å²) in [6.45, 7) is 0. The van der Waals surface area contributed by atoms with Crippen molar-refractivity contribution in [3.63, 3.8) is 0 Å². The van der Waals surface area contributed by atoms with Crippen LogP contribution in [-0.4, -0.2) is 16.0 Å². The number of hydrogen-bond donors (Lipinski definition) is 3. The summed E-state index contributed by atoms with van der Waals surface area (Å²) >= 11 is 0. The van der Waals surface area contributed by atoms with Crippen molar-refractivity contribution >= 4 is 17.4 Å². The van der Waals surface area contributed by atoms with E-state index in [2.05, 4.69) is 10.3 Å². The molecule has 1 heterocycles. The topological polar surface area (TPSA) is 88.2 Å². The van der Waals surface area contributed by atoms with Gasteiger partial charge in [-0.05, 0) is 24.3 Å². The first-order chi connectivity index (χ1) is 8.58. The van der Waals surface area contributed by atoms with Gasteiger partial charge in [0.2, 0.25) is 0 Å². The fourth-order valence-electron chi connectivity index (χ4n) is 1.39. The third kappa shape index (κ3) is 2.37. The van der Waals surface area contributed by atoms with Crippen molar-refractivity contribution in [3.05, 3.63) is 47.9 Å². The van der Waals surface area contributed by atoms with Gasteiger partial charge in [-0.2, -0.15) is 0 Å². The summed E-state index contributed by atoms with van der Waals surface area (Å²) in [5, 5.41) is 11.9. The maximum Gasteiger partial charge on any atom is 0.260 e. The maximum absolute atomic E-state index is 12.8. The summed E-state index contributed by atoms with van der Waals surface area (Å²) in [6.07, 6.45) is 1.47. The average molecular weight is 247 g/mol. The lowest BCUT2D eigenvalue weighted by atomic mass is 10.2. The fraction of sp³-hybridized carbons (Fsp3) is 0. The number of carbonyl (C=O) groups is 1. The Hall–Kier alpha value is -2.63. The molecule has 18 heavy (non-hydrogen) atoms. The minimum absolute atomic E-state index is 0.0542. The molecule has 0 bridgehead atoms. The number of benzene rings is 1. The van der Waals surface area contributed by atoms with Crippen molar-refractivity contribution in [2.24, 2.45) is 0 Å². The Kier molecular flexibility index (Phi) is 3.09. The second-order valence-electron chi connectivity index (χ2n) is 3.56. The third-order valence-corrected chi connectivity index (χ3v) is 2.28. The Morgan fingerprint density at radius 2 is 2.17 bits per heavy atom. The molecule has 4 N–H and O–H groups in total.